The van der Waals surface area contributed by atoms with Crippen molar-refractivity contribution in [2.45, 2.75) is 18.9 Å². The number of methoxy groups -OCH3 is 4. The van der Waals surface area contributed by atoms with Crippen molar-refractivity contribution in [1.29, 1.82) is 0 Å². The molecule has 0 radical (unpaired) electrons. The number of hydrogen-bond donors (Lipinski definition) is 0. The Bertz CT molecular complexity index is 1180. The number of benzene rings is 3. The molecule has 1 heterocycles. The second-order valence-electron chi connectivity index (χ2n) is 7.90. The van der Waals surface area contributed by atoms with Crippen LogP contribution in [0, 0.1) is 5.82 Å². The van der Waals surface area contributed by atoms with Crippen LogP contribution in [0.15, 0.2) is 64.9 Å². The third-order valence-corrected chi connectivity index (χ3v) is 5.93. The van der Waals surface area contributed by atoms with Crippen LogP contribution in [0.4, 0.5) is 10.1 Å². The van der Waals surface area contributed by atoms with Crippen molar-refractivity contribution in [1.82, 2.24) is 5.01 Å². The van der Waals surface area contributed by atoms with Crippen molar-refractivity contribution in [3.05, 3.63) is 77.1 Å². The highest BCUT2D eigenvalue weighted by atomic mass is 19.1. The number of rotatable bonds is 8. The fourth-order valence-electron chi connectivity index (χ4n) is 4.22. The minimum atomic E-state index is -0.348. The molecule has 3 aromatic rings. The molecule has 0 saturated carbocycles. The molecule has 0 amide bonds. The molecule has 1 aliphatic rings. The van der Waals surface area contributed by atoms with E-state index in [2.05, 4.69) is 10.3 Å². The standard InChI is InChI=1S/C26H28FN3O4/c1-31-23-9-8-17(13-24(23)32-2)12-22-21-16-26(34-4)25(33-3)14-18(21)10-11-30(22)29-28-20-7-5-6-19(27)15-20/h5-9,13-16,22H,10-12H2,1-4H3/t22-/m1/s1. The van der Waals surface area contributed by atoms with Gasteiger partial charge >= 0.3 is 0 Å². The van der Waals surface area contributed by atoms with Gasteiger partial charge in [-0.05, 0) is 65.9 Å². The molecule has 34 heavy (non-hydrogen) atoms. The lowest BCUT2D eigenvalue weighted by Crippen LogP contribution is -2.32. The van der Waals surface area contributed by atoms with E-state index in [1.807, 2.05) is 35.3 Å². The highest BCUT2D eigenvalue weighted by Crippen LogP contribution is 2.40. The monoisotopic (exact) mass is 465 g/mol. The summed E-state index contributed by atoms with van der Waals surface area (Å²) in [6.45, 7) is 0.652. The van der Waals surface area contributed by atoms with Gasteiger partial charge in [-0.3, -0.25) is 5.01 Å². The van der Waals surface area contributed by atoms with Gasteiger partial charge in [-0.25, -0.2) is 4.39 Å². The van der Waals surface area contributed by atoms with Crippen LogP contribution in [-0.2, 0) is 12.8 Å². The van der Waals surface area contributed by atoms with Crippen LogP contribution in [0.3, 0.4) is 0 Å². The van der Waals surface area contributed by atoms with Crippen LogP contribution in [0.5, 0.6) is 23.0 Å². The first-order chi connectivity index (χ1) is 16.6. The molecule has 1 atom stereocenters. The predicted octanol–water partition coefficient (Wildman–Crippen LogP) is 5.70. The van der Waals surface area contributed by atoms with Gasteiger partial charge in [0.05, 0.1) is 40.2 Å². The Balaban J connectivity index is 1.73. The van der Waals surface area contributed by atoms with Crippen LogP contribution in [0.25, 0.3) is 0 Å². The predicted molar refractivity (Wildman–Crippen MR) is 127 cm³/mol. The Labute approximate surface area is 198 Å². The highest BCUT2D eigenvalue weighted by Gasteiger charge is 2.29. The Hall–Kier alpha value is -3.81. The third-order valence-electron chi connectivity index (χ3n) is 5.93. The van der Waals surface area contributed by atoms with Gasteiger partial charge < -0.3 is 18.9 Å². The second kappa shape index (κ2) is 10.4. The molecule has 0 unspecified atom stereocenters. The van der Waals surface area contributed by atoms with Crippen LogP contribution in [0.1, 0.15) is 22.7 Å². The van der Waals surface area contributed by atoms with Crippen LogP contribution in [0.2, 0.25) is 0 Å². The lowest BCUT2D eigenvalue weighted by atomic mass is 9.89. The zero-order chi connectivity index (χ0) is 24.1. The first-order valence-electron chi connectivity index (χ1n) is 11.0. The molecule has 8 heteroatoms. The Kier molecular flexibility index (Phi) is 7.15. The number of hydrogen-bond acceptors (Lipinski definition) is 6. The summed E-state index contributed by atoms with van der Waals surface area (Å²) in [7, 11) is 6.49. The zero-order valence-electron chi connectivity index (χ0n) is 19.7. The van der Waals surface area contributed by atoms with E-state index in [-0.39, 0.29) is 11.9 Å². The van der Waals surface area contributed by atoms with Crippen molar-refractivity contribution in [3.8, 4) is 23.0 Å². The summed E-state index contributed by atoms with van der Waals surface area (Å²) >= 11 is 0. The molecule has 0 N–H and O–H groups in total. The van der Waals surface area contributed by atoms with Gasteiger partial charge in [-0.1, -0.05) is 17.4 Å². The van der Waals surface area contributed by atoms with E-state index in [1.54, 1.807) is 40.6 Å². The summed E-state index contributed by atoms with van der Waals surface area (Å²) in [6, 6.07) is 15.9. The molecular formula is C26H28FN3O4. The van der Waals surface area contributed by atoms with Gasteiger partial charge in [0.15, 0.2) is 23.0 Å². The summed E-state index contributed by atoms with van der Waals surface area (Å²) in [4.78, 5) is 0. The van der Waals surface area contributed by atoms with E-state index in [4.69, 9.17) is 18.9 Å². The second-order valence-corrected chi connectivity index (χ2v) is 7.90. The van der Waals surface area contributed by atoms with E-state index >= 15 is 0 Å². The first kappa shape index (κ1) is 23.4. The Morgan fingerprint density at radius 3 is 2.26 bits per heavy atom. The quantitative estimate of drug-likeness (QED) is 0.399. The van der Waals surface area contributed by atoms with Crippen LogP contribution < -0.4 is 18.9 Å². The number of nitrogens with zero attached hydrogens (tertiary/aromatic N) is 3. The molecule has 0 aliphatic carbocycles. The van der Waals surface area contributed by atoms with E-state index < -0.39 is 0 Å². The molecule has 0 saturated heterocycles. The largest absolute Gasteiger partial charge is 0.493 e. The third kappa shape index (κ3) is 4.90. The summed E-state index contributed by atoms with van der Waals surface area (Å²) in [5.41, 5.74) is 3.76. The van der Waals surface area contributed by atoms with Crippen molar-refractivity contribution in [2.24, 2.45) is 10.3 Å². The molecule has 4 rings (SSSR count). The van der Waals surface area contributed by atoms with Gasteiger partial charge in [-0.15, -0.1) is 5.11 Å². The Morgan fingerprint density at radius 1 is 0.853 bits per heavy atom. The highest BCUT2D eigenvalue weighted by molar-refractivity contribution is 5.50. The molecule has 0 aromatic heterocycles. The van der Waals surface area contributed by atoms with Gasteiger partial charge in [-0.2, -0.15) is 0 Å². The SMILES string of the molecule is COc1ccc(C[C@@H]2c3cc(OC)c(OC)cc3CCN2N=Nc2cccc(F)c2)cc1OC. The fraction of sp³-hybridized carbons (Fsp3) is 0.308. The topological polar surface area (TPSA) is 64.9 Å². The van der Waals surface area contributed by atoms with Gasteiger partial charge in [0.25, 0.3) is 0 Å². The maximum absolute atomic E-state index is 13.6. The van der Waals surface area contributed by atoms with Crippen molar-refractivity contribution >= 4 is 5.69 Å². The van der Waals surface area contributed by atoms with E-state index in [9.17, 15) is 4.39 Å². The summed E-state index contributed by atoms with van der Waals surface area (Å²) < 4.78 is 35.6. The molecule has 0 bridgehead atoms. The maximum atomic E-state index is 13.6. The lowest BCUT2D eigenvalue weighted by Gasteiger charge is -2.35. The molecule has 7 nitrogen and oxygen atoms in total. The van der Waals surface area contributed by atoms with Crippen molar-refractivity contribution in [3.63, 3.8) is 0 Å². The van der Waals surface area contributed by atoms with E-state index in [0.717, 1.165) is 17.5 Å². The summed E-state index contributed by atoms with van der Waals surface area (Å²) in [5, 5.41) is 10.8. The summed E-state index contributed by atoms with van der Waals surface area (Å²) in [6.07, 6.45) is 1.41. The summed E-state index contributed by atoms with van der Waals surface area (Å²) in [5.74, 6) is 2.34. The van der Waals surface area contributed by atoms with Gasteiger partial charge in [0, 0.05) is 12.6 Å². The average Bonchev–Trinajstić information content (AvgIpc) is 2.87. The smallest absolute Gasteiger partial charge is 0.161 e. The molecule has 0 spiro atoms. The van der Waals surface area contributed by atoms with Gasteiger partial charge in [0.1, 0.15) is 5.82 Å². The minimum absolute atomic E-state index is 0.126. The maximum Gasteiger partial charge on any atom is 0.161 e. The van der Waals surface area contributed by atoms with Crippen molar-refractivity contribution < 1.29 is 23.3 Å². The minimum Gasteiger partial charge on any atom is -0.493 e. The van der Waals surface area contributed by atoms with E-state index in [1.165, 1.54) is 17.7 Å². The lowest BCUT2D eigenvalue weighted by molar-refractivity contribution is 0.177. The molecule has 1 aliphatic heterocycles. The molecule has 178 valence electrons. The Morgan fingerprint density at radius 2 is 1.56 bits per heavy atom. The van der Waals surface area contributed by atoms with Gasteiger partial charge in [0.2, 0.25) is 0 Å². The molecule has 3 aromatic carbocycles. The van der Waals surface area contributed by atoms with Crippen LogP contribution in [-0.4, -0.2) is 40.0 Å². The first-order valence-corrected chi connectivity index (χ1v) is 11.0. The van der Waals surface area contributed by atoms with E-state index in [0.29, 0.717) is 41.7 Å². The average molecular weight is 466 g/mol. The van der Waals surface area contributed by atoms with Crippen molar-refractivity contribution in [2.75, 3.05) is 35.0 Å². The number of ether oxygens (including phenoxy) is 4. The van der Waals surface area contributed by atoms with Crippen LogP contribution >= 0.6 is 0 Å². The normalized spacial score (nSPS) is 15.2. The zero-order valence-corrected chi connectivity index (χ0v) is 19.7. The fourth-order valence-corrected chi connectivity index (χ4v) is 4.22. The molecular weight excluding hydrogens is 437 g/mol. The number of fused-ring (bicyclic) bond motifs is 1. The number of halogens is 1. The molecule has 0 fully saturated rings.